The van der Waals surface area contributed by atoms with Gasteiger partial charge in [0.15, 0.2) is 0 Å². The molecule has 0 atom stereocenters. The molecule has 1 amide bonds. The molecule has 1 saturated carbocycles. The SMILES string of the molecule is NC(=O)c1ccc(NC2COC2)nc1N1CCC2(CC1)CC2. The average molecular weight is 302 g/mol. The zero-order valence-corrected chi connectivity index (χ0v) is 12.7. The van der Waals surface area contributed by atoms with Crippen molar-refractivity contribution in [1.82, 2.24) is 4.98 Å². The van der Waals surface area contributed by atoms with Crippen LogP contribution >= 0.6 is 0 Å². The first-order valence-electron chi connectivity index (χ1n) is 8.05. The molecule has 3 heterocycles. The highest BCUT2D eigenvalue weighted by Gasteiger charge is 2.44. The number of primary amides is 1. The number of aromatic nitrogens is 1. The van der Waals surface area contributed by atoms with E-state index in [0.29, 0.717) is 30.2 Å². The molecule has 3 fully saturated rings. The Balaban J connectivity index is 1.56. The second-order valence-electron chi connectivity index (χ2n) is 6.80. The van der Waals surface area contributed by atoms with Crippen molar-refractivity contribution in [3.63, 3.8) is 0 Å². The lowest BCUT2D eigenvalue weighted by Gasteiger charge is -2.34. The first-order valence-corrected chi connectivity index (χ1v) is 8.05. The third kappa shape index (κ3) is 2.52. The number of pyridine rings is 1. The second-order valence-corrected chi connectivity index (χ2v) is 6.80. The number of hydrogen-bond donors (Lipinski definition) is 2. The van der Waals surface area contributed by atoms with Crippen molar-refractivity contribution in [2.75, 3.05) is 36.5 Å². The molecule has 118 valence electrons. The largest absolute Gasteiger partial charge is 0.377 e. The topological polar surface area (TPSA) is 80.5 Å². The quantitative estimate of drug-likeness (QED) is 0.878. The summed E-state index contributed by atoms with van der Waals surface area (Å²) in [7, 11) is 0. The molecular weight excluding hydrogens is 280 g/mol. The van der Waals surface area contributed by atoms with Crippen molar-refractivity contribution >= 4 is 17.5 Å². The van der Waals surface area contributed by atoms with Gasteiger partial charge in [0.25, 0.3) is 5.91 Å². The van der Waals surface area contributed by atoms with Gasteiger partial charge in [-0.15, -0.1) is 0 Å². The Labute approximate surface area is 130 Å². The van der Waals surface area contributed by atoms with E-state index in [-0.39, 0.29) is 0 Å². The minimum absolute atomic E-state index is 0.316. The maximum absolute atomic E-state index is 11.7. The van der Waals surface area contributed by atoms with Crippen molar-refractivity contribution < 1.29 is 9.53 Å². The van der Waals surface area contributed by atoms with Gasteiger partial charge in [-0.25, -0.2) is 4.98 Å². The molecule has 1 aromatic rings. The van der Waals surface area contributed by atoms with Crippen LogP contribution in [0, 0.1) is 5.41 Å². The zero-order chi connectivity index (χ0) is 15.2. The van der Waals surface area contributed by atoms with Gasteiger partial charge in [-0.2, -0.15) is 0 Å². The monoisotopic (exact) mass is 302 g/mol. The molecule has 1 aliphatic carbocycles. The van der Waals surface area contributed by atoms with Crippen LogP contribution in [0.5, 0.6) is 0 Å². The number of ether oxygens (including phenoxy) is 1. The molecule has 6 heteroatoms. The molecule has 3 N–H and O–H groups in total. The Morgan fingerprint density at radius 3 is 2.55 bits per heavy atom. The summed E-state index contributed by atoms with van der Waals surface area (Å²) in [5.74, 6) is 1.11. The van der Waals surface area contributed by atoms with Crippen LogP contribution in [0.3, 0.4) is 0 Å². The van der Waals surface area contributed by atoms with Crippen LogP contribution in [-0.2, 0) is 4.74 Å². The van der Waals surface area contributed by atoms with Gasteiger partial charge in [0, 0.05) is 13.1 Å². The minimum Gasteiger partial charge on any atom is -0.377 e. The molecule has 6 nitrogen and oxygen atoms in total. The number of hydrogen-bond acceptors (Lipinski definition) is 5. The normalized spacial score (nSPS) is 23.2. The van der Waals surface area contributed by atoms with Crippen LogP contribution in [0.2, 0.25) is 0 Å². The van der Waals surface area contributed by atoms with Gasteiger partial charge < -0.3 is 20.7 Å². The summed E-state index contributed by atoms with van der Waals surface area (Å²) >= 11 is 0. The van der Waals surface area contributed by atoms with Crippen LogP contribution in [0.25, 0.3) is 0 Å². The molecule has 1 aromatic heterocycles. The fourth-order valence-corrected chi connectivity index (χ4v) is 3.36. The number of carbonyl (C=O) groups is 1. The van der Waals surface area contributed by atoms with E-state index in [4.69, 9.17) is 10.5 Å². The van der Waals surface area contributed by atoms with Crippen molar-refractivity contribution in [1.29, 1.82) is 0 Å². The number of nitrogens with zero attached hydrogens (tertiary/aromatic N) is 2. The zero-order valence-electron chi connectivity index (χ0n) is 12.7. The van der Waals surface area contributed by atoms with E-state index >= 15 is 0 Å². The van der Waals surface area contributed by atoms with E-state index in [1.807, 2.05) is 6.07 Å². The van der Waals surface area contributed by atoms with Crippen LogP contribution in [0.4, 0.5) is 11.6 Å². The molecule has 0 radical (unpaired) electrons. The summed E-state index contributed by atoms with van der Waals surface area (Å²) in [6.45, 7) is 3.34. The highest BCUT2D eigenvalue weighted by Crippen LogP contribution is 2.53. The summed E-state index contributed by atoms with van der Waals surface area (Å²) < 4.78 is 5.17. The number of carbonyl (C=O) groups excluding carboxylic acids is 1. The fraction of sp³-hybridized carbons (Fsp3) is 0.625. The highest BCUT2D eigenvalue weighted by atomic mass is 16.5. The van der Waals surface area contributed by atoms with E-state index in [0.717, 1.165) is 24.7 Å². The number of anilines is 2. The molecular formula is C16H22N4O2. The van der Waals surface area contributed by atoms with E-state index in [9.17, 15) is 4.79 Å². The Morgan fingerprint density at radius 2 is 2.00 bits per heavy atom. The molecule has 4 rings (SSSR count). The Morgan fingerprint density at radius 1 is 1.27 bits per heavy atom. The van der Waals surface area contributed by atoms with Crippen molar-refractivity contribution in [3.8, 4) is 0 Å². The predicted molar refractivity (Wildman–Crippen MR) is 84.1 cm³/mol. The van der Waals surface area contributed by atoms with Crippen molar-refractivity contribution in [2.24, 2.45) is 11.1 Å². The Kier molecular flexibility index (Phi) is 3.22. The third-order valence-electron chi connectivity index (χ3n) is 5.21. The van der Waals surface area contributed by atoms with Gasteiger partial charge in [-0.1, -0.05) is 0 Å². The molecule has 1 spiro atoms. The highest BCUT2D eigenvalue weighted by molar-refractivity contribution is 5.98. The fourth-order valence-electron chi connectivity index (χ4n) is 3.36. The Hall–Kier alpha value is -1.82. The molecule has 22 heavy (non-hydrogen) atoms. The van der Waals surface area contributed by atoms with Crippen LogP contribution < -0.4 is 16.0 Å². The van der Waals surface area contributed by atoms with E-state index < -0.39 is 5.91 Å². The lowest BCUT2D eigenvalue weighted by atomic mass is 9.93. The van der Waals surface area contributed by atoms with Gasteiger partial charge in [-0.05, 0) is 43.2 Å². The van der Waals surface area contributed by atoms with Crippen LogP contribution in [-0.4, -0.2) is 43.2 Å². The summed E-state index contributed by atoms with van der Waals surface area (Å²) in [4.78, 5) is 18.6. The van der Waals surface area contributed by atoms with Gasteiger partial charge in [-0.3, -0.25) is 4.79 Å². The van der Waals surface area contributed by atoms with Crippen LogP contribution in [0.15, 0.2) is 12.1 Å². The number of piperidine rings is 1. The summed E-state index contributed by atoms with van der Waals surface area (Å²) in [5.41, 5.74) is 6.65. The lowest BCUT2D eigenvalue weighted by Crippen LogP contribution is -2.41. The van der Waals surface area contributed by atoms with Crippen LogP contribution in [0.1, 0.15) is 36.0 Å². The molecule has 2 aliphatic heterocycles. The van der Waals surface area contributed by atoms with Crippen molar-refractivity contribution in [2.45, 2.75) is 31.7 Å². The second kappa shape index (κ2) is 5.12. The van der Waals surface area contributed by atoms with Gasteiger partial charge >= 0.3 is 0 Å². The molecule has 0 aromatic carbocycles. The maximum atomic E-state index is 11.7. The van der Waals surface area contributed by atoms with Gasteiger partial charge in [0.2, 0.25) is 0 Å². The summed E-state index contributed by atoms with van der Waals surface area (Å²) in [6, 6.07) is 3.93. The van der Waals surface area contributed by atoms with Gasteiger partial charge in [0.05, 0.1) is 24.8 Å². The molecule has 0 bridgehead atoms. The Bertz CT molecular complexity index is 586. The average Bonchev–Trinajstić information content (AvgIpc) is 3.23. The molecule has 2 saturated heterocycles. The van der Waals surface area contributed by atoms with E-state index in [2.05, 4.69) is 15.2 Å². The maximum Gasteiger partial charge on any atom is 0.252 e. The standard InChI is InChI=1S/C16H22N4O2/c17-14(21)12-1-2-13(18-11-9-22-10-11)19-15(12)20-7-5-16(3-4-16)6-8-20/h1-2,11H,3-10H2,(H2,17,21)(H,18,19). The van der Waals surface area contributed by atoms with E-state index in [1.54, 1.807) is 6.07 Å². The molecule has 3 aliphatic rings. The van der Waals surface area contributed by atoms with E-state index in [1.165, 1.54) is 25.7 Å². The lowest BCUT2D eigenvalue weighted by molar-refractivity contribution is 0.0209. The predicted octanol–water partition coefficient (Wildman–Crippen LogP) is 1.37. The first kappa shape index (κ1) is 13.8. The third-order valence-corrected chi connectivity index (χ3v) is 5.21. The number of nitrogens with two attached hydrogens (primary N) is 1. The smallest absolute Gasteiger partial charge is 0.252 e. The number of rotatable bonds is 4. The van der Waals surface area contributed by atoms with Crippen molar-refractivity contribution in [3.05, 3.63) is 17.7 Å². The summed E-state index contributed by atoms with van der Waals surface area (Å²) in [5, 5.41) is 3.34. The molecule has 0 unspecified atom stereocenters. The number of nitrogens with one attached hydrogen (secondary N) is 1. The first-order chi connectivity index (χ1) is 10.7. The number of amides is 1. The summed E-state index contributed by atoms with van der Waals surface area (Å²) in [6.07, 6.45) is 5.11. The van der Waals surface area contributed by atoms with Gasteiger partial charge in [0.1, 0.15) is 11.6 Å². The minimum atomic E-state index is -0.410.